The molecule has 0 radical (unpaired) electrons. The second-order valence-corrected chi connectivity index (χ2v) is 3.41. The number of carbonyl (C=O) groups excluding carboxylic acids is 1. The zero-order valence-corrected chi connectivity index (χ0v) is 16.3. The first kappa shape index (κ1) is 26.9. The van der Waals surface area contributed by atoms with Crippen LogP contribution in [0.25, 0.3) is 0 Å². The Morgan fingerprint density at radius 2 is 1.38 bits per heavy atom. The van der Waals surface area contributed by atoms with Crippen molar-refractivity contribution in [2.24, 2.45) is 0 Å². The number of carboxylic acid groups (broad SMARTS) is 1. The SMILES string of the molecule is CC(=O)[O-].O=S(=O)([O-])OOS(=O)(=O)O.[K+].[K+]. The van der Waals surface area contributed by atoms with Crippen LogP contribution in [0.1, 0.15) is 6.92 Å². The topological polar surface area (TPSA) is 170 Å². The molecule has 0 amide bonds. The second kappa shape index (κ2) is 12.5. The van der Waals surface area contributed by atoms with Gasteiger partial charge in [-0.1, -0.05) is 8.67 Å². The Kier molecular flexibility index (Phi) is 21.1. The van der Waals surface area contributed by atoms with Crippen LogP contribution in [0.2, 0.25) is 0 Å². The molecular weight excluding hydrogens is 326 g/mol. The van der Waals surface area contributed by atoms with Gasteiger partial charge in [0.2, 0.25) is 10.4 Å². The first-order valence-electron chi connectivity index (χ1n) is 2.42. The second-order valence-electron chi connectivity index (χ2n) is 1.46. The molecule has 0 aliphatic carbocycles. The van der Waals surface area contributed by atoms with Crippen molar-refractivity contribution in [2.75, 3.05) is 0 Å². The van der Waals surface area contributed by atoms with Crippen LogP contribution in [0.3, 0.4) is 0 Å². The van der Waals surface area contributed by atoms with Crippen molar-refractivity contribution in [3.8, 4) is 0 Å². The maximum absolute atomic E-state index is 9.48. The molecular formula is C2H4K2O10S2. The van der Waals surface area contributed by atoms with Gasteiger partial charge in [0.25, 0.3) is 0 Å². The minimum absolute atomic E-state index is 0. The first-order chi connectivity index (χ1) is 5.94. The van der Waals surface area contributed by atoms with Gasteiger partial charge in [0.15, 0.2) is 0 Å². The maximum Gasteiger partial charge on any atom is 1.00 e. The molecule has 0 aromatic rings. The predicted octanol–water partition coefficient (Wildman–Crippen LogP) is -9.04. The quantitative estimate of drug-likeness (QED) is 0.172. The van der Waals surface area contributed by atoms with Crippen LogP contribution in [0.5, 0.6) is 0 Å². The van der Waals surface area contributed by atoms with Crippen LogP contribution in [-0.2, 0) is 34.3 Å². The summed E-state index contributed by atoms with van der Waals surface area (Å²) in [6.07, 6.45) is 0. The molecule has 0 rings (SSSR count). The molecule has 0 aromatic heterocycles. The summed E-state index contributed by atoms with van der Waals surface area (Å²) in [6, 6.07) is 0. The first-order valence-corrected chi connectivity index (χ1v) is 5.12. The molecule has 10 nitrogen and oxygen atoms in total. The molecule has 0 saturated carbocycles. The van der Waals surface area contributed by atoms with E-state index in [2.05, 4.69) is 8.67 Å². The van der Waals surface area contributed by atoms with Crippen molar-refractivity contribution in [1.29, 1.82) is 0 Å². The molecule has 0 spiro atoms. The van der Waals surface area contributed by atoms with E-state index in [1.165, 1.54) is 0 Å². The van der Waals surface area contributed by atoms with Gasteiger partial charge in [-0.2, -0.15) is 8.42 Å². The van der Waals surface area contributed by atoms with Crippen molar-refractivity contribution < 1.29 is 147 Å². The number of carbonyl (C=O) groups is 1. The standard InChI is InChI=1S/C2H4O2.2K.H2O8S2/c1-2(3)4;;;1-9(2,3)7-8-10(4,5)6/h1H3,(H,3,4);;;(H,1,2,3)(H,4,5,6)/q;2*+1;/p-2. The minimum atomic E-state index is -5.27. The number of rotatable bonds is 3. The van der Waals surface area contributed by atoms with Gasteiger partial charge in [0, 0.05) is 5.97 Å². The number of aliphatic carboxylic acids is 1. The molecule has 0 fully saturated rings. The van der Waals surface area contributed by atoms with Gasteiger partial charge in [0.05, 0.1) is 0 Å². The monoisotopic (exact) mass is 330 g/mol. The van der Waals surface area contributed by atoms with Gasteiger partial charge < -0.3 is 14.5 Å². The summed E-state index contributed by atoms with van der Waals surface area (Å²) in [5.41, 5.74) is 0. The Morgan fingerprint density at radius 1 is 1.12 bits per heavy atom. The summed E-state index contributed by atoms with van der Waals surface area (Å²) in [6.45, 7) is 0.972. The van der Waals surface area contributed by atoms with Gasteiger partial charge in [-0.15, -0.1) is 0 Å². The molecule has 14 heteroatoms. The van der Waals surface area contributed by atoms with E-state index in [9.17, 15) is 21.4 Å². The average molecular weight is 330 g/mol. The summed E-state index contributed by atoms with van der Waals surface area (Å²) in [7, 11) is -10.3. The minimum Gasteiger partial charge on any atom is -0.724 e. The van der Waals surface area contributed by atoms with Crippen LogP contribution in [0.4, 0.5) is 0 Å². The van der Waals surface area contributed by atoms with Gasteiger partial charge in [-0.05, 0) is 6.92 Å². The van der Waals surface area contributed by atoms with Gasteiger partial charge in [-0.3, -0.25) is 4.55 Å². The molecule has 0 aliphatic rings. The Balaban J connectivity index is -0.000000105. The smallest absolute Gasteiger partial charge is 0.724 e. The average Bonchev–Trinajstić information content (AvgIpc) is 1.79. The third kappa shape index (κ3) is 43.9. The molecule has 1 N–H and O–H groups in total. The van der Waals surface area contributed by atoms with Crippen LogP contribution in [0.15, 0.2) is 0 Å². The fourth-order valence-electron chi connectivity index (χ4n) is 0.0691. The Hall–Kier alpha value is 2.48. The van der Waals surface area contributed by atoms with E-state index >= 15 is 0 Å². The van der Waals surface area contributed by atoms with Crippen molar-refractivity contribution in [2.45, 2.75) is 6.92 Å². The normalized spacial score (nSPS) is 9.94. The van der Waals surface area contributed by atoms with Crippen LogP contribution in [-0.4, -0.2) is 31.9 Å². The Bertz CT molecular complexity index is 332. The molecule has 0 aliphatic heterocycles. The van der Waals surface area contributed by atoms with E-state index < -0.39 is 26.8 Å². The summed E-state index contributed by atoms with van der Waals surface area (Å²) in [4.78, 5) is 8.89. The van der Waals surface area contributed by atoms with Crippen LogP contribution in [0, 0.1) is 0 Å². The van der Waals surface area contributed by atoms with E-state index in [0.717, 1.165) is 6.92 Å². The third-order valence-corrected chi connectivity index (χ3v) is 0.758. The fourth-order valence-corrected chi connectivity index (χ4v) is 0.622. The summed E-state index contributed by atoms with van der Waals surface area (Å²) in [5.74, 6) is -1.08. The zero-order valence-electron chi connectivity index (χ0n) is 8.44. The van der Waals surface area contributed by atoms with E-state index in [0.29, 0.717) is 0 Å². The van der Waals surface area contributed by atoms with Gasteiger partial charge >= 0.3 is 113 Å². The summed E-state index contributed by atoms with van der Waals surface area (Å²) >= 11 is 0. The molecule has 0 heterocycles. The summed E-state index contributed by atoms with van der Waals surface area (Å²) in [5, 5.41) is 8.89. The van der Waals surface area contributed by atoms with E-state index in [1.807, 2.05) is 0 Å². The number of carboxylic acids is 1. The molecule has 0 bridgehead atoms. The molecule has 0 aromatic carbocycles. The molecule has 0 unspecified atom stereocenters. The van der Waals surface area contributed by atoms with E-state index in [4.69, 9.17) is 14.5 Å². The molecule has 86 valence electrons. The van der Waals surface area contributed by atoms with Crippen molar-refractivity contribution in [3.63, 3.8) is 0 Å². The fraction of sp³-hybridized carbons (Fsp3) is 0.500. The van der Waals surface area contributed by atoms with Crippen molar-refractivity contribution in [1.82, 2.24) is 0 Å². The van der Waals surface area contributed by atoms with Crippen LogP contribution >= 0.6 is 0 Å². The Morgan fingerprint density at radius 3 is 1.44 bits per heavy atom. The van der Waals surface area contributed by atoms with Crippen LogP contribution < -0.4 is 108 Å². The maximum atomic E-state index is 9.48. The van der Waals surface area contributed by atoms with Crippen molar-refractivity contribution in [3.05, 3.63) is 0 Å². The molecule has 16 heavy (non-hydrogen) atoms. The molecule has 0 saturated heterocycles. The van der Waals surface area contributed by atoms with E-state index in [1.54, 1.807) is 0 Å². The number of hydrogen-bond donors (Lipinski definition) is 1. The van der Waals surface area contributed by atoms with E-state index in [-0.39, 0.29) is 103 Å². The zero-order chi connectivity index (χ0) is 12.0. The number of hydrogen-bond acceptors (Lipinski definition) is 9. The summed E-state index contributed by atoms with van der Waals surface area (Å²) < 4.78 is 60.2. The molecule has 0 atom stereocenters. The largest absolute Gasteiger partial charge is 1.00 e. The predicted molar refractivity (Wildman–Crippen MR) is 34.1 cm³/mol. The third-order valence-electron chi connectivity index (χ3n) is 0.197. The Labute approximate surface area is 177 Å². The van der Waals surface area contributed by atoms with Crippen molar-refractivity contribution >= 4 is 26.8 Å². The van der Waals surface area contributed by atoms with Gasteiger partial charge in [0.1, 0.15) is 0 Å². The van der Waals surface area contributed by atoms with Gasteiger partial charge in [-0.25, -0.2) is 8.42 Å².